The highest BCUT2D eigenvalue weighted by Gasteiger charge is 2.15. The van der Waals surface area contributed by atoms with Crippen molar-refractivity contribution in [3.8, 4) is 0 Å². The molecule has 2 rings (SSSR count). The van der Waals surface area contributed by atoms with E-state index < -0.39 is 9.84 Å². The molecule has 0 atom stereocenters. The van der Waals surface area contributed by atoms with Crippen LogP contribution in [0.5, 0.6) is 0 Å². The maximum atomic E-state index is 11.8. The Morgan fingerprint density at radius 1 is 1.35 bits per heavy atom. The lowest BCUT2D eigenvalue weighted by Crippen LogP contribution is -2.00. The zero-order valence-electron chi connectivity index (χ0n) is 11.5. The van der Waals surface area contributed by atoms with Gasteiger partial charge in [0.1, 0.15) is 0 Å². The fourth-order valence-electron chi connectivity index (χ4n) is 2.20. The lowest BCUT2D eigenvalue weighted by atomic mass is 10.3. The minimum Gasteiger partial charge on any atom is -0.329 e. The SMILES string of the molecule is CSCCCCn1c(=S)[nH]c2c(S(C)(=O)=O)cccc21. The topological polar surface area (TPSA) is 54.9 Å². The van der Waals surface area contributed by atoms with Gasteiger partial charge >= 0.3 is 0 Å². The number of rotatable bonds is 6. The van der Waals surface area contributed by atoms with E-state index in [0.29, 0.717) is 15.2 Å². The Labute approximate surface area is 128 Å². The first-order chi connectivity index (χ1) is 9.45. The Bertz CT molecular complexity index is 760. The number of benzene rings is 1. The predicted octanol–water partition coefficient (Wildman–Crippen LogP) is 3.25. The van der Waals surface area contributed by atoms with Crippen LogP contribution in [0.1, 0.15) is 12.8 Å². The molecule has 7 heteroatoms. The van der Waals surface area contributed by atoms with E-state index in [1.54, 1.807) is 12.1 Å². The molecule has 4 nitrogen and oxygen atoms in total. The summed E-state index contributed by atoms with van der Waals surface area (Å²) in [5.74, 6) is 1.13. The number of nitrogens with zero attached hydrogens (tertiary/aromatic N) is 1. The summed E-state index contributed by atoms with van der Waals surface area (Å²) in [4.78, 5) is 3.35. The standard InChI is InChI=1S/C13H18N2O2S3/c1-19-9-4-3-8-15-10-6-5-7-11(20(2,16)17)12(10)14-13(15)18/h5-7H,3-4,8-9H2,1-2H3,(H,14,18). The van der Waals surface area contributed by atoms with Crippen molar-refractivity contribution in [3.63, 3.8) is 0 Å². The predicted molar refractivity (Wildman–Crippen MR) is 87.8 cm³/mol. The Morgan fingerprint density at radius 3 is 2.75 bits per heavy atom. The summed E-state index contributed by atoms with van der Waals surface area (Å²) in [7, 11) is -3.26. The van der Waals surface area contributed by atoms with Crippen LogP contribution in [0.3, 0.4) is 0 Å². The third kappa shape index (κ3) is 3.27. The summed E-state index contributed by atoms with van der Waals surface area (Å²) < 4.78 is 26.2. The monoisotopic (exact) mass is 330 g/mol. The second-order valence-electron chi connectivity index (χ2n) is 4.70. The average Bonchev–Trinajstić information content (AvgIpc) is 2.69. The van der Waals surface area contributed by atoms with E-state index in [1.165, 1.54) is 6.26 Å². The maximum absolute atomic E-state index is 11.8. The van der Waals surface area contributed by atoms with E-state index in [2.05, 4.69) is 11.2 Å². The van der Waals surface area contributed by atoms with Crippen LogP contribution in [0, 0.1) is 4.77 Å². The molecule has 110 valence electrons. The number of fused-ring (bicyclic) bond motifs is 1. The number of sulfone groups is 1. The zero-order chi connectivity index (χ0) is 14.8. The summed E-state index contributed by atoms with van der Waals surface area (Å²) >= 11 is 7.15. The number of thioether (sulfide) groups is 1. The summed E-state index contributed by atoms with van der Waals surface area (Å²) in [6.45, 7) is 0.812. The highest BCUT2D eigenvalue weighted by atomic mass is 32.2. The molecule has 0 aliphatic carbocycles. The van der Waals surface area contributed by atoms with Crippen LogP contribution < -0.4 is 0 Å². The molecule has 1 aromatic heterocycles. The van der Waals surface area contributed by atoms with Gasteiger partial charge < -0.3 is 9.55 Å². The smallest absolute Gasteiger partial charge is 0.178 e. The van der Waals surface area contributed by atoms with Gasteiger partial charge in [0.25, 0.3) is 0 Å². The van der Waals surface area contributed by atoms with Crippen molar-refractivity contribution in [1.29, 1.82) is 0 Å². The Hall–Kier alpha value is -0.790. The van der Waals surface area contributed by atoms with Crippen LogP contribution in [-0.4, -0.2) is 36.2 Å². The number of aryl methyl sites for hydroxylation is 1. The maximum Gasteiger partial charge on any atom is 0.178 e. The van der Waals surface area contributed by atoms with Crippen LogP contribution in [0.2, 0.25) is 0 Å². The molecular formula is C13H18N2O2S3. The summed E-state index contributed by atoms with van der Waals surface area (Å²) in [5.41, 5.74) is 1.48. The van der Waals surface area contributed by atoms with Crippen molar-refractivity contribution >= 4 is 44.9 Å². The van der Waals surface area contributed by atoms with Crippen LogP contribution in [0.4, 0.5) is 0 Å². The number of nitrogens with one attached hydrogen (secondary N) is 1. The number of aromatic nitrogens is 2. The third-order valence-corrected chi connectivity index (χ3v) is 5.31. The molecule has 0 aliphatic rings. The lowest BCUT2D eigenvalue weighted by Gasteiger charge is -2.05. The van der Waals surface area contributed by atoms with E-state index in [9.17, 15) is 8.42 Å². The summed E-state index contributed by atoms with van der Waals surface area (Å²) in [6.07, 6.45) is 5.47. The van der Waals surface area contributed by atoms with Gasteiger partial charge in [0.2, 0.25) is 0 Å². The van der Waals surface area contributed by atoms with Gasteiger partial charge in [0.15, 0.2) is 14.6 Å². The van der Waals surface area contributed by atoms with E-state index >= 15 is 0 Å². The molecule has 0 amide bonds. The van der Waals surface area contributed by atoms with Crippen molar-refractivity contribution in [2.24, 2.45) is 0 Å². The Balaban J connectivity index is 2.43. The van der Waals surface area contributed by atoms with Gasteiger partial charge in [-0.1, -0.05) is 6.07 Å². The second kappa shape index (κ2) is 6.32. The largest absolute Gasteiger partial charge is 0.329 e. The van der Waals surface area contributed by atoms with Gasteiger partial charge in [-0.3, -0.25) is 0 Å². The van der Waals surface area contributed by atoms with Crippen molar-refractivity contribution in [3.05, 3.63) is 23.0 Å². The molecule has 2 aromatic rings. The number of H-pyrrole nitrogens is 1. The fraction of sp³-hybridized carbons (Fsp3) is 0.462. The first kappa shape index (κ1) is 15.6. The molecule has 0 unspecified atom stereocenters. The minimum atomic E-state index is -3.26. The number of hydrogen-bond donors (Lipinski definition) is 1. The molecule has 0 radical (unpaired) electrons. The molecule has 20 heavy (non-hydrogen) atoms. The molecule has 0 aliphatic heterocycles. The van der Waals surface area contributed by atoms with Crippen LogP contribution in [0.25, 0.3) is 11.0 Å². The molecule has 0 bridgehead atoms. The van der Waals surface area contributed by atoms with Gasteiger partial charge in [-0.25, -0.2) is 8.42 Å². The summed E-state index contributed by atoms with van der Waals surface area (Å²) in [5, 5.41) is 0. The van der Waals surface area contributed by atoms with Gasteiger partial charge in [-0.2, -0.15) is 11.8 Å². The van der Waals surface area contributed by atoms with Gasteiger partial charge in [-0.15, -0.1) is 0 Å². The van der Waals surface area contributed by atoms with Crippen LogP contribution >= 0.6 is 24.0 Å². The fourth-order valence-corrected chi connectivity index (χ4v) is 3.84. The lowest BCUT2D eigenvalue weighted by molar-refractivity contribution is 0.602. The van der Waals surface area contributed by atoms with E-state index in [1.807, 2.05) is 22.4 Å². The Kier molecular flexibility index (Phi) is 4.93. The number of para-hydroxylation sites is 1. The molecule has 1 aromatic carbocycles. The van der Waals surface area contributed by atoms with E-state index in [4.69, 9.17) is 12.2 Å². The molecular weight excluding hydrogens is 312 g/mol. The number of hydrogen-bond acceptors (Lipinski definition) is 4. The molecule has 1 heterocycles. The van der Waals surface area contributed by atoms with Gasteiger partial charge in [0, 0.05) is 12.8 Å². The van der Waals surface area contributed by atoms with Gasteiger partial charge in [0.05, 0.1) is 15.9 Å². The van der Waals surface area contributed by atoms with E-state index in [-0.39, 0.29) is 0 Å². The number of unbranched alkanes of at least 4 members (excludes halogenated alkanes) is 1. The second-order valence-corrected chi connectivity index (χ2v) is 8.06. The van der Waals surface area contributed by atoms with Crippen molar-refractivity contribution in [2.75, 3.05) is 18.3 Å². The van der Waals surface area contributed by atoms with Crippen molar-refractivity contribution in [1.82, 2.24) is 9.55 Å². The highest BCUT2D eigenvalue weighted by Crippen LogP contribution is 2.23. The normalized spacial score (nSPS) is 12.1. The van der Waals surface area contributed by atoms with Crippen molar-refractivity contribution in [2.45, 2.75) is 24.3 Å². The first-order valence-corrected chi connectivity index (χ1v) is 10.0. The number of aromatic amines is 1. The van der Waals surface area contributed by atoms with E-state index in [0.717, 1.165) is 30.7 Å². The van der Waals surface area contributed by atoms with Crippen LogP contribution in [0.15, 0.2) is 23.1 Å². The Morgan fingerprint density at radius 2 is 2.10 bits per heavy atom. The molecule has 0 saturated heterocycles. The third-order valence-electron chi connectivity index (χ3n) is 3.15. The molecule has 1 N–H and O–H groups in total. The average molecular weight is 331 g/mol. The molecule has 0 saturated carbocycles. The highest BCUT2D eigenvalue weighted by molar-refractivity contribution is 7.98. The first-order valence-electron chi connectivity index (χ1n) is 6.35. The minimum absolute atomic E-state index is 0.309. The van der Waals surface area contributed by atoms with Gasteiger partial charge in [-0.05, 0) is 49.2 Å². The number of imidazole rings is 1. The molecule has 0 spiro atoms. The quantitative estimate of drug-likeness (QED) is 0.652. The molecule has 0 fully saturated rings. The van der Waals surface area contributed by atoms with Crippen LogP contribution in [-0.2, 0) is 16.4 Å². The summed E-state index contributed by atoms with van der Waals surface area (Å²) in [6, 6.07) is 5.28. The zero-order valence-corrected chi connectivity index (χ0v) is 14.0. The van der Waals surface area contributed by atoms with Crippen molar-refractivity contribution < 1.29 is 8.42 Å².